The number of halogens is 1. The van der Waals surface area contributed by atoms with E-state index in [0.29, 0.717) is 17.9 Å². The van der Waals surface area contributed by atoms with E-state index in [9.17, 15) is 14.0 Å². The molecule has 8 heteroatoms. The third kappa shape index (κ3) is 4.89. The minimum absolute atomic E-state index is 0.0231. The number of aromatic nitrogens is 1. The first-order chi connectivity index (χ1) is 13.0. The third-order valence-electron chi connectivity index (χ3n) is 3.89. The number of amides is 1. The minimum atomic E-state index is -1.11. The van der Waals surface area contributed by atoms with E-state index in [-0.39, 0.29) is 24.8 Å². The SMILES string of the molecule is O=C(O)[C@H]1CN(C(=O)/C=C/c2ccc(Oc3cccnc3)c(F)c2)CCO1. The zero-order valence-electron chi connectivity index (χ0n) is 14.2. The number of morpholine rings is 1. The Kier molecular flexibility index (Phi) is 5.77. The van der Waals surface area contributed by atoms with E-state index in [1.165, 1.54) is 35.4 Å². The van der Waals surface area contributed by atoms with Gasteiger partial charge in [0.25, 0.3) is 0 Å². The molecule has 0 radical (unpaired) electrons. The summed E-state index contributed by atoms with van der Waals surface area (Å²) in [6.45, 7) is 0.440. The Labute approximate surface area is 154 Å². The molecule has 140 valence electrons. The van der Waals surface area contributed by atoms with Crippen LogP contribution in [-0.4, -0.2) is 52.7 Å². The molecular weight excluding hydrogens is 355 g/mol. The summed E-state index contributed by atoms with van der Waals surface area (Å²) in [5.74, 6) is -1.59. The molecule has 3 rings (SSSR count). The fraction of sp³-hybridized carbons (Fsp3) is 0.211. The third-order valence-corrected chi connectivity index (χ3v) is 3.89. The standard InChI is InChI=1S/C19H17FN2O5/c20-15-10-13(3-5-16(15)27-14-2-1-7-21-11-14)4-6-18(23)22-8-9-26-17(12-22)19(24)25/h1-7,10-11,17H,8-9,12H2,(H,24,25)/b6-4+/t17-/m1/s1. The molecule has 27 heavy (non-hydrogen) atoms. The summed E-state index contributed by atoms with van der Waals surface area (Å²) in [6, 6.07) is 7.65. The highest BCUT2D eigenvalue weighted by Gasteiger charge is 2.27. The Morgan fingerprint density at radius 3 is 2.93 bits per heavy atom. The molecule has 1 saturated heterocycles. The molecule has 0 aliphatic carbocycles. The lowest BCUT2D eigenvalue weighted by atomic mass is 10.2. The molecule has 2 heterocycles. The largest absolute Gasteiger partial charge is 0.479 e. The smallest absolute Gasteiger partial charge is 0.334 e. The van der Waals surface area contributed by atoms with Crippen molar-refractivity contribution in [2.45, 2.75) is 6.10 Å². The first-order valence-electron chi connectivity index (χ1n) is 8.22. The van der Waals surface area contributed by atoms with Crippen molar-refractivity contribution in [3.8, 4) is 11.5 Å². The molecule has 1 atom stereocenters. The van der Waals surface area contributed by atoms with Gasteiger partial charge in [0, 0.05) is 18.8 Å². The molecule has 2 aromatic rings. The quantitative estimate of drug-likeness (QED) is 0.811. The minimum Gasteiger partial charge on any atom is -0.479 e. The fourth-order valence-corrected chi connectivity index (χ4v) is 2.51. The zero-order valence-corrected chi connectivity index (χ0v) is 14.2. The molecule has 1 aliphatic heterocycles. The van der Waals surface area contributed by atoms with Crippen LogP contribution in [0.4, 0.5) is 4.39 Å². The fourth-order valence-electron chi connectivity index (χ4n) is 2.51. The number of ether oxygens (including phenoxy) is 2. The average molecular weight is 372 g/mol. The normalized spacial score (nSPS) is 17.1. The Balaban J connectivity index is 1.64. The second-order valence-corrected chi connectivity index (χ2v) is 5.80. The van der Waals surface area contributed by atoms with E-state index < -0.39 is 17.9 Å². The average Bonchev–Trinajstić information content (AvgIpc) is 2.69. The molecule has 0 bridgehead atoms. The van der Waals surface area contributed by atoms with Gasteiger partial charge < -0.3 is 19.5 Å². The van der Waals surface area contributed by atoms with Crippen LogP contribution in [0.3, 0.4) is 0 Å². The van der Waals surface area contributed by atoms with Gasteiger partial charge in [-0.3, -0.25) is 9.78 Å². The van der Waals surface area contributed by atoms with Crippen LogP contribution in [0.2, 0.25) is 0 Å². The molecule has 1 aromatic heterocycles. The number of rotatable bonds is 5. The number of hydrogen-bond acceptors (Lipinski definition) is 5. The van der Waals surface area contributed by atoms with Crippen LogP contribution in [0.15, 0.2) is 48.8 Å². The van der Waals surface area contributed by atoms with Crippen molar-refractivity contribution in [1.82, 2.24) is 9.88 Å². The summed E-state index contributed by atoms with van der Waals surface area (Å²) < 4.78 is 24.7. The van der Waals surface area contributed by atoms with Crippen LogP contribution >= 0.6 is 0 Å². The second kappa shape index (κ2) is 8.41. The number of carboxylic acids is 1. The summed E-state index contributed by atoms with van der Waals surface area (Å²) >= 11 is 0. The topological polar surface area (TPSA) is 89.0 Å². The molecule has 0 unspecified atom stereocenters. The van der Waals surface area contributed by atoms with Crippen molar-refractivity contribution in [1.29, 1.82) is 0 Å². The summed E-state index contributed by atoms with van der Waals surface area (Å²) in [5.41, 5.74) is 0.474. The van der Waals surface area contributed by atoms with Gasteiger partial charge in [-0.25, -0.2) is 9.18 Å². The van der Waals surface area contributed by atoms with Crippen LogP contribution in [0.25, 0.3) is 6.08 Å². The van der Waals surface area contributed by atoms with Crippen LogP contribution in [0, 0.1) is 5.82 Å². The summed E-state index contributed by atoms with van der Waals surface area (Å²) in [4.78, 5) is 28.4. The van der Waals surface area contributed by atoms with E-state index in [0.717, 1.165) is 0 Å². The van der Waals surface area contributed by atoms with Gasteiger partial charge in [-0.15, -0.1) is 0 Å². The maximum atomic E-state index is 14.2. The van der Waals surface area contributed by atoms with Gasteiger partial charge >= 0.3 is 5.97 Å². The lowest BCUT2D eigenvalue weighted by Crippen LogP contribution is -2.48. The van der Waals surface area contributed by atoms with Gasteiger partial charge in [0.1, 0.15) is 5.75 Å². The molecule has 1 aliphatic rings. The van der Waals surface area contributed by atoms with Gasteiger partial charge in [-0.1, -0.05) is 6.07 Å². The highest BCUT2D eigenvalue weighted by atomic mass is 19.1. The van der Waals surface area contributed by atoms with E-state index in [4.69, 9.17) is 14.6 Å². The molecule has 1 aromatic carbocycles. The first-order valence-corrected chi connectivity index (χ1v) is 8.22. The van der Waals surface area contributed by atoms with E-state index >= 15 is 0 Å². The zero-order chi connectivity index (χ0) is 19.2. The molecule has 0 saturated carbocycles. The van der Waals surface area contributed by atoms with Gasteiger partial charge in [0.15, 0.2) is 17.7 Å². The highest BCUT2D eigenvalue weighted by Crippen LogP contribution is 2.24. The van der Waals surface area contributed by atoms with Crippen LogP contribution in [0.5, 0.6) is 11.5 Å². The van der Waals surface area contributed by atoms with Crippen LogP contribution in [0.1, 0.15) is 5.56 Å². The first kappa shape index (κ1) is 18.5. The molecule has 7 nitrogen and oxygen atoms in total. The highest BCUT2D eigenvalue weighted by molar-refractivity contribution is 5.92. The maximum Gasteiger partial charge on any atom is 0.334 e. The van der Waals surface area contributed by atoms with E-state index in [2.05, 4.69) is 4.98 Å². The summed E-state index contributed by atoms with van der Waals surface area (Å²) in [5, 5.41) is 8.97. The number of aliphatic carboxylic acids is 1. The number of benzene rings is 1. The summed E-state index contributed by atoms with van der Waals surface area (Å²) in [6.07, 6.45) is 4.77. The number of carbonyl (C=O) groups excluding carboxylic acids is 1. The number of carbonyl (C=O) groups is 2. The Morgan fingerprint density at radius 1 is 1.37 bits per heavy atom. The van der Waals surface area contributed by atoms with Crippen molar-refractivity contribution in [3.05, 3.63) is 60.2 Å². The predicted octanol–water partition coefficient (Wildman–Crippen LogP) is 2.34. The van der Waals surface area contributed by atoms with Gasteiger partial charge in [0.2, 0.25) is 5.91 Å². The molecule has 0 spiro atoms. The van der Waals surface area contributed by atoms with Crippen molar-refractivity contribution < 1.29 is 28.6 Å². The van der Waals surface area contributed by atoms with Crippen molar-refractivity contribution >= 4 is 18.0 Å². The molecule has 1 N–H and O–H groups in total. The summed E-state index contributed by atoms with van der Waals surface area (Å²) in [7, 11) is 0. The van der Waals surface area contributed by atoms with Crippen LogP contribution in [-0.2, 0) is 14.3 Å². The monoisotopic (exact) mass is 372 g/mol. The molecular formula is C19H17FN2O5. The van der Waals surface area contributed by atoms with Crippen molar-refractivity contribution in [2.24, 2.45) is 0 Å². The van der Waals surface area contributed by atoms with Gasteiger partial charge in [-0.2, -0.15) is 0 Å². The van der Waals surface area contributed by atoms with Crippen LogP contribution < -0.4 is 4.74 Å². The Morgan fingerprint density at radius 2 is 2.22 bits per heavy atom. The lowest BCUT2D eigenvalue weighted by Gasteiger charge is -2.30. The number of nitrogens with zero attached hydrogens (tertiary/aromatic N) is 2. The predicted molar refractivity (Wildman–Crippen MR) is 93.7 cm³/mol. The van der Waals surface area contributed by atoms with Crippen molar-refractivity contribution in [2.75, 3.05) is 19.7 Å². The second-order valence-electron chi connectivity index (χ2n) is 5.80. The Bertz CT molecular complexity index is 856. The molecule has 1 amide bonds. The number of carboxylic acid groups (broad SMARTS) is 1. The van der Waals surface area contributed by atoms with Gasteiger partial charge in [0.05, 0.1) is 19.3 Å². The van der Waals surface area contributed by atoms with E-state index in [1.807, 2.05) is 0 Å². The van der Waals surface area contributed by atoms with Crippen molar-refractivity contribution in [3.63, 3.8) is 0 Å². The van der Waals surface area contributed by atoms with E-state index in [1.54, 1.807) is 24.4 Å². The number of pyridine rings is 1. The lowest BCUT2D eigenvalue weighted by molar-refractivity contribution is -0.158. The molecule has 1 fully saturated rings. The number of hydrogen-bond donors (Lipinski definition) is 1. The van der Waals surface area contributed by atoms with Gasteiger partial charge in [-0.05, 0) is 35.9 Å². The Hall–Kier alpha value is -3.26. The maximum absolute atomic E-state index is 14.2.